The van der Waals surface area contributed by atoms with E-state index in [1.54, 1.807) is 0 Å². The maximum absolute atomic E-state index is 13.3. The Morgan fingerprint density at radius 1 is 0.946 bits per heavy atom. The van der Waals surface area contributed by atoms with E-state index in [-0.39, 0.29) is 24.3 Å². The molecule has 1 aromatic carbocycles. The minimum absolute atomic E-state index is 0.00978. The number of aromatic hydroxyl groups is 1. The van der Waals surface area contributed by atoms with Crippen LogP contribution in [0.2, 0.25) is 0 Å². The molecule has 15 heteroatoms. The molecule has 2 rings (SSSR count). The molecule has 4 atom stereocenters. The lowest BCUT2D eigenvalue weighted by molar-refractivity contribution is -0.141. The normalized spacial score (nSPS) is 14.0. The lowest BCUT2D eigenvalue weighted by atomic mass is 10.0. The number of nitrogens with one attached hydrogen (secondary N) is 4. The molecule has 0 radical (unpaired) electrons. The summed E-state index contributed by atoms with van der Waals surface area (Å²) in [6.45, 7) is 0. The highest BCUT2D eigenvalue weighted by Gasteiger charge is 2.31. The van der Waals surface area contributed by atoms with Crippen molar-refractivity contribution >= 4 is 42.2 Å². The number of carbonyl (C=O) groups is 5. The van der Waals surface area contributed by atoms with Crippen LogP contribution in [0, 0.1) is 0 Å². The number of hydrogen-bond donors (Lipinski definition) is 9. The van der Waals surface area contributed by atoms with E-state index in [1.165, 1.54) is 36.8 Å². The predicted molar refractivity (Wildman–Crippen MR) is 133 cm³/mol. The summed E-state index contributed by atoms with van der Waals surface area (Å²) < 4.78 is 0. The maximum Gasteiger partial charge on any atom is 0.327 e. The topological polar surface area (TPSA) is 243 Å². The Kier molecular flexibility index (Phi) is 10.9. The smallest absolute Gasteiger partial charge is 0.327 e. The minimum Gasteiger partial charge on any atom is -0.508 e. The van der Waals surface area contributed by atoms with Crippen LogP contribution in [0.4, 0.5) is 0 Å². The highest BCUT2D eigenvalue weighted by atomic mass is 32.1. The summed E-state index contributed by atoms with van der Waals surface area (Å²) in [6, 6.07) is 0.702. The van der Waals surface area contributed by atoms with Crippen molar-refractivity contribution in [2.45, 2.75) is 43.4 Å². The molecule has 10 N–H and O–H groups in total. The average Bonchev–Trinajstić information content (AvgIpc) is 3.35. The van der Waals surface area contributed by atoms with Gasteiger partial charge in [-0.2, -0.15) is 12.6 Å². The number of thiol groups is 1. The standard InChI is InChI=1S/C22H29N7O7S/c23-14(7-18(24)31)19(32)27-16(6-12-8-25-10-26-12)21(34)28-15(5-11-1-3-13(30)4-2-11)20(33)29-17(9-37)22(35)36/h1-4,8,10,14-17,30,37H,5-7,9,23H2,(H2,24,31)(H,25,26)(H,27,32)(H,28,34)(H,29,33)(H,35,36). The Morgan fingerprint density at radius 2 is 1.51 bits per heavy atom. The second-order valence-corrected chi connectivity index (χ2v) is 8.50. The number of carboxylic acid groups (broad SMARTS) is 1. The molecular weight excluding hydrogens is 506 g/mol. The molecule has 0 aliphatic rings. The van der Waals surface area contributed by atoms with Gasteiger partial charge in [-0.15, -0.1) is 0 Å². The number of aromatic amines is 1. The van der Waals surface area contributed by atoms with Gasteiger partial charge in [0.2, 0.25) is 23.6 Å². The Balaban J connectivity index is 2.27. The molecule has 4 amide bonds. The van der Waals surface area contributed by atoms with E-state index < -0.39 is 60.2 Å². The van der Waals surface area contributed by atoms with Crippen molar-refractivity contribution in [3.8, 4) is 5.75 Å². The molecule has 0 bridgehead atoms. The molecule has 1 heterocycles. The Hall–Kier alpha value is -4.11. The molecule has 0 saturated carbocycles. The van der Waals surface area contributed by atoms with Crippen molar-refractivity contribution < 1.29 is 34.2 Å². The van der Waals surface area contributed by atoms with E-state index in [0.29, 0.717) is 11.3 Å². The van der Waals surface area contributed by atoms with Crippen molar-refractivity contribution in [3.05, 3.63) is 48.0 Å². The second kappa shape index (κ2) is 13.8. The maximum atomic E-state index is 13.3. The largest absolute Gasteiger partial charge is 0.508 e. The molecule has 4 unspecified atom stereocenters. The fourth-order valence-electron chi connectivity index (χ4n) is 3.22. The first-order valence-electron chi connectivity index (χ1n) is 11.0. The van der Waals surface area contributed by atoms with Gasteiger partial charge in [0.15, 0.2) is 0 Å². The predicted octanol–water partition coefficient (Wildman–Crippen LogP) is -2.43. The number of carbonyl (C=O) groups excluding carboxylic acids is 4. The molecule has 0 aliphatic heterocycles. The highest BCUT2D eigenvalue weighted by Crippen LogP contribution is 2.12. The number of nitrogens with two attached hydrogens (primary N) is 2. The van der Waals surface area contributed by atoms with Crippen LogP contribution in [0.5, 0.6) is 5.75 Å². The average molecular weight is 536 g/mol. The molecule has 0 aliphatic carbocycles. The van der Waals surface area contributed by atoms with Crippen molar-refractivity contribution in [2.75, 3.05) is 5.75 Å². The van der Waals surface area contributed by atoms with Crippen molar-refractivity contribution in [3.63, 3.8) is 0 Å². The molecule has 200 valence electrons. The zero-order chi connectivity index (χ0) is 27.5. The van der Waals surface area contributed by atoms with E-state index in [9.17, 15) is 34.2 Å². The molecule has 1 aromatic heterocycles. The number of H-pyrrole nitrogens is 1. The third kappa shape index (κ3) is 9.46. The lowest BCUT2D eigenvalue weighted by Gasteiger charge is -2.25. The first kappa shape index (κ1) is 29.1. The van der Waals surface area contributed by atoms with Crippen LogP contribution >= 0.6 is 12.6 Å². The van der Waals surface area contributed by atoms with Gasteiger partial charge in [0.25, 0.3) is 0 Å². The van der Waals surface area contributed by atoms with E-state index in [1.807, 2.05) is 0 Å². The van der Waals surface area contributed by atoms with E-state index in [4.69, 9.17) is 11.5 Å². The number of benzene rings is 1. The number of aromatic nitrogens is 2. The van der Waals surface area contributed by atoms with E-state index in [2.05, 4.69) is 38.5 Å². The number of nitrogens with zero attached hydrogens (tertiary/aromatic N) is 1. The monoisotopic (exact) mass is 535 g/mol. The summed E-state index contributed by atoms with van der Waals surface area (Å²) in [4.78, 5) is 67.9. The van der Waals surface area contributed by atoms with Crippen LogP contribution in [-0.4, -0.2) is 79.7 Å². The van der Waals surface area contributed by atoms with Gasteiger partial charge in [-0.05, 0) is 17.7 Å². The first-order chi connectivity index (χ1) is 17.5. The Morgan fingerprint density at radius 3 is 2.03 bits per heavy atom. The number of primary amides is 1. The highest BCUT2D eigenvalue weighted by molar-refractivity contribution is 7.80. The molecule has 14 nitrogen and oxygen atoms in total. The molecular formula is C22H29N7O7S. The van der Waals surface area contributed by atoms with Gasteiger partial charge in [0.05, 0.1) is 18.8 Å². The van der Waals surface area contributed by atoms with Crippen LogP contribution in [0.25, 0.3) is 0 Å². The van der Waals surface area contributed by atoms with Gasteiger partial charge in [-0.25, -0.2) is 9.78 Å². The minimum atomic E-state index is -1.32. The van der Waals surface area contributed by atoms with Crippen molar-refractivity contribution in [2.24, 2.45) is 11.5 Å². The Labute approximate surface area is 217 Å². The molecule has 0 saturated heterocycles. The fourth-order valence-corrected chi connectivity index (χ4v) is 3.47. The van der Waals surface area contributed by atoms with Gasteiger partial charge < -0.3 is 42.6 Å². The van der Waals surface area contributed by atoms with Crippen LogP contribution in [0.1, 0.15) is 17.7 Å². The number of imidazole rings is 1. The number of hydrogen-bond acceptors (Lipinski definition) is 9. The molecule has 0 fully saturated rings. The van der Waals surface area contributed by atoms with Gasteiger partial charge in [0, 0.05) is 30.5 Å². The van der Waals surface area contributed by atoms with Crippen molar-refractivity contribution in [1.82, 2.24) is 25.9 Å². The summed E-state index contributed by atoms with van der Waals surface area (Å²) in [5.41, 5.74) is 11.8. The number of phenolic OH excluding ortho intramolecular Hbond substituents is 1. The number of phenols is 1. The third-order valence-electron chi connectivity index (χ3n) is 5.18. The second-order valence-electron chi connectivity index (χ2n) is 8.13. The summed E-state index contributed by atoms with van der Waals surface area (Å²) in [5, 5.41) is 26.1. The summed E-state index contributed by atoms with van der Waals surface area (Å²) in [5.74, 6) is -4.74. The van der Waals surface area contributed by atoms with Gasteiger partial charge >= 0.3 is 5.97 Å². The number of amides is 4. The Bertz CT molecular complexity index is 1100. The van der Waals surface area contributed by atoms with Gasteiger partial charge in [0.1, 0.15) is 23.9 Å². The molecule has 37 heavy (non-hydrogen) atoms. The first-order valence-corrected chi connectivity index (χ1v) is 11.7. The number of carboxylic acids is 1. The lowest BCUT2D eigenvalue weighted by Crippen LogP contribution is -2.58. The van der Waals surface area contributed by atoms with Crippen LogP contribution in [0.3, 0.4) is 0 Å². The third-order valence-corrected chi connectivity index (χ3v) is 5.54. The summed E-state index contributed by atoms with van der Waals surface area (Å²) in [7, 11) is 0. The van der Waals surface area contributed by atoms with Crippen LogP contribution in [0.15, 0.2) is 36.8 Å². The molecule has 0 spiro atoms. The van der Waals surface area contributed by atoms with E-state index in [0.717, 1.165) is 0 Å². The SMILES string of the molecule is NC(=O)CC(N)C(=O)NC(Cc1cnc[nH]1)C(=O)NC(Cc1ccc(O)cc1)C(=O)NC(CS)C(=O)O. The zero-order valence-corrected chi connectivity index (χ0v) is 20.5. The quantitative estimate of drug-likeness (QED) is 0.117. The molecule has 2 aromatic rings. The zero-order valence-electron chi connectivity index (χ0n) is 19.6. The van der Waals surface area contributed by atoms with E-state index >= 15 is 0 Å². The van der Waals surface area contributed by atoms with Gasteiger partial charge in [-0.1, -0.05) is 12.1 Å². The van der Waals surface area contributed by atoms with Crippen LogP contribution in [-0.2, 0) is 36.8 Å². The number of aliphatic carboxylic acids is 1. The summed E-state index contributed by atoms with van der Waals surface area (Å²) >= 11 is 3.93. The summed E-state index contributed by atoms with van der Waals surface area (Å²) in [6.07, 6.45) is 2.22. The number of rotatable bonds is 14. The van der Waals surface area contributed by atoms with Gasteiger partial charge in [-0.3, -0.25) is 19.2 Å². The van der Waals surface area contributed by atoms with Crippen LogP contribution < -0.4 is 27.4 Å². The van der Waals surface area contributed by atoms with Crippen molar-refractivity contribution in [1.29, 1.82) is 0 Å². The fraction of sp³-hybridized carbons (Fsp3) is 0.364.